The molecule has 0 amide bonds. The van der Waals surface area contributed by atoms with Crippen LogP contribution >= 0.6 is 0 Å². The lowest BCUT2D eigenvalue weighted by Crippen LogP contribution is -2.26. The molecule has 0 saturated carbocycles. The molecule has 1 rings (SSSR count). The van der Waals surface area contributed by atoms with Crippen LogP contribution in [0.3, 0.4) is 0 Å². The van der Waals surface area contributed by atoms with Gasteiger partial charge in [0.2, 0.25) is 0 Å². The minimum Gasteiger partial charge on any atom is -0.479 e. The first-order valence-electron chi connectivity index (χ1n) is 6.51. The van der Waals surface area contributed by atoms with Crippen molar-refractivity contribution in [3.05, 3.63) is 29.3 Å². The Bertz CT molecular complexity index is 429. The molecule has 0 radical (unpaired) electrons. The molecule has 0 fully saturated rings. The minimum absolute atomic E-state index is 0.372. The van der Waals surface area contributed by atoms with Crippen LogP contribution in [0.5, 0.6) is 5.75 Å². The van der Waals surface area contributed by atoms with Crippen molar-refractivity contribution in [3.8, 4) is 5.75 Å². The van der Waals surface area contributed by atoms with E-state index < -0.39 is 6.10 Å². The minimum atomic E-state index is -0.606. The van der Waals surface area contributed by atoms with Gasteiger partial charge in [-0.25, -0.2) is 4.79 Å². The maximum atomic E-state index is 11.4. The molecule has 0 spiro atoms. The van der Waals surface area contributed by atoms with E-state index in [1.165, 1.54) is 12.7 Å². The smallest absolute Gasteiger partial charge is 0.346 e. The summed E-state index contributed by atoms with van der Waals surface area (Å²) in [6.07, 6.45) is -0.606. The number of ether oxygens (including phenoxy) is 2. The Morgan fingerprint density at radius 1 is 1.32 bits per heavy atom. The van der Waals surface area contributed by atoms with Crippen LogP contribution in [-0.4, -0.2) is 25.2 Å². The lowest BCUT2D eigenvalue weighted by Gasteiger charge is -2.17. The average Bonchev–Trinajstić information content (AvgIpc) is 2.37. The van der Waals surface area contributed by atoms with E-state index in [1.54, 1.807) is 6.92 Å². The molecule has 0 aliphatic rings. The summed E-state index contributed by atoms with van der Waals surface area (Å²) in [6.45, 7) is 8.61. The van der Waals surface area contributed by atoms with E-state index in [-0.39, 0.29) is 5.97 Å². The molecule has 1 atom stereocenters. The van der Waals surface area contributed by atoms with Crippen LogP contribution in [0.2, 0.25) is 0 Å². The highest BCUT2D eigenvalue weighted by atomic mass is 16.6. The Hall–Kier alpha value is -1.55. The van der Waals surface area contributed by atoms with E-state index in [0.29, 0.717) is 12.6 Å². The fourth-order valence-corrected chi connectivity index (χ4v) is 1.68. The highest BCUT2D eigenvalue weighted by Crippen LogP contribution is 2.21. The first kappa shape index (κ1) is 15.5. The van der Waals surface area contributed by atoms with E-state index in [1.807, 2.05) is 19.1 Å². The van der Waals surface area contributed by atoms with E-state index in [0.717, 1.165) is 11.3 Å². The first-order valence-corrected chi connectivity index (χ1v) is 6.51. The average molecular weight is 265 g/mol. The Labute approximate surface area is 115 Å². The van der Waals surface area contributed by atoms with Crippen molar-refractivity contribution in [1.29, 1.82) is 0 Å². The van der Waals surface area contributed by atoms with Crippen LogP contribution < -0.4 is 10.1 Å². The Morgan fingerprint density at radius 2 is 2.00 bits per heavy atom. The SMILES string of the molecule is COC(=O)C(C)Oc1ccc(C)cc1CNC(C)C. The number of carbonyl (C=O) groups excluding carboxylic acids is 1. The molecule has 1 aromatic rings. The molecule has 4 nitrogen and oxygen atoms in total. The second-order valence-electron chi connectivity index (χ2n) is 4.93. The van der Waals surface area contributed by atoms with Crippen molar-refractivity contribution < 1.29 is 14.3 Å². The highest BCUT2D eigenvalue weighted by molar-refractivity contribution is 5.74. The van der Waals surface area contributed by atoms with Crippen LogP contribution in [0, 0.1) is 6.92 Å². The summed E-state index contributed by atoms with van der Waals surface area (Å²) >= 11 is 0. The molecule has 19 heavy (non-hydrogen) atoms. The molecule has 1 aromatic carbocycles. The van der Waals surface area contributed by atoms with Crippen LogP contribution in [-0.2, 0) is 16.1 Å². The summed E-state index contributed by atoms with van der Waals surface area (Å²) in [5, 5.41) is 3.35. The van der Waals surface area contributed by atoms with E-state index >= 15 is 0 Å². The van der Waals surface area contributed by atoms with Crippen molar-refractivity contribution in [3.63, 3.8) is 0 Å². The van der Waals surface area contributed by atoms with Gasteiger partial charge in [0, 0.05) is 18.2 Å². The van der Waals surface area contributed by atoms with Crippen molar-refractivity contribution in [1.82, 2.24) is 5.32 Å². The molecule has 4 heteroatoms. The van der Waals surface area contributed by atoms with Crippen molar-refractivity contribution in [2.75, 3.05) is 7.11 Å². The Kier molecular flexibility index (Phi) is 5.83. The third-order valence-electron chi connectivity index (χ3n) is 2.75. The number of carbonyl (C=O) groups is 1. The summed E-state index contributed by atoms with van der Waals surface area (Å²) in [4.78, 5) is 11.4. The summed E-state index contributed by atoms with van der Waals surface area (Å²) in [5.41, 5.74) is 2.21. The van der Waals surface area contributed by atoms with Gasteiger partial charge in [0.15, 0.2) is 6.10 Å². The maximum Gasteiger partial charge on any atom is 0.346 e. The molecule has 0 saturated heterocycles. The van der Waals surface area contributed by atoms with Crippen molar-refractivity contribution >= 4 is 5.97 Å². The van der Waals surface area contributed by atoms with Gasteiger partial charge >= 0.3 is 5.97 Å². The van der Waals surface area contributed by atoms with Gasteiger partial charge in [-0.1, -0.05) is 31.5 Å². The number of nitrogens with one attached hydrogen (secondary N) is 1. The van der Waals surface area contributed by atoms with E-state index in [4.69, 9.17) is 4.74 Å². The topological polar surface area (TPSA) is 47.6 Å². The highest BCUT2D eigenvalue weighted by Gasteiger charge is 2.16. The largest absolute Gasteiger partial charge is 0.479 e. The Balaban J connectivity index is 2.84. The van der Waals surface area contributed by atoms with E-state index in [9.17, 15) is 4.79 Å². The molecule has 1 unspecified atom stereocenters. The van der Waals surface area contributed by atoms with Gasteiger partial charge < -0.3 is 14.8 Å². The molecule has 106 valence electrons. The molecule has 0 aliphatic carbocycles. The number of hydrogen-bond donors (Lipinski definition) is 1. The third kappa shape index (κ3) is 4.91. The predicted octanol–water partition coefficient (Wildman–Crippen LogP) is 2.43. The second-order valence-corrected chi connectivity index (χ2v) is 4.93. The number of esters is 1. The van der Waals surface area contributed by atoms with Gasteiger partial charge in [0.25, 0.3) is 0 Å². The van der Waals surface area contributed by atoms with Gasteiger partial charge in [0.1, 0.15) is 5.75 Å². The first-order chi connectivity index (χ1) is 8.93. The Morgan fingerprint density at radius 3 is 2.58 bits per heavy atom. The number of rotatable bonds is 6. The number of methoxy groups -OCH3 is 1. The van der Waals surface area contributed by atoms with E-state index in [2.05, 4.69) is 30.0 Å². The van der Waals surface area contributed by atoms with Gasteiger partial charge in [0.05, 0.1) is 7.11 Å². The summed E-state index contributed by atoms with van der Waals surface area (Å²) in [6, 6.07) is 6.32. The van der Waals surface area contributed by atoms with Crippen LogP contribution in [0.25, 0.3) is 0 Å². The zero-order valence-electron chi connectivity index (χ0n) is 12.3. The van der Waals surface area contributed by atoms with Gasteiger partial charge in [-0.3, -0.25) is 0 Å². The fraction of sp³-hybridized carbons (Fsp3) is 0.533. The summed E-state index contributed by atoms with van der Waals surface area (Å²) < 4.78 is 10.3. The number of benzene rings is 1. The van der Waals surface area contributed by atoms with Crippen LogP contribution in [0.15, 0.2) is 18.2 Å². The monoisotopic (exact) mass is 265 g/mol. The molecular weight excluding hydrogens is 242 g/mol. The molecule has 0 aromatic heterocycles. The zero-order valence-corrected chi connectivity index (χ0v) is 12.3. The normalized spacial score (nSPS) is 12.3. The molecule has 0 aliphatic heterocycles. The standard InChI is InChI=1S/C15H23NO3/c1-10(2)16-9-13-8-11(3)6-7-14(13)19-12(4)15(17)18-5/h6-8,10,12,16H,9H2,1-5H3. The number of aryl methyl sites for hydroxylation is 1. The molecular formula is C15H23NO3. The zero-order chi connectivity index (χ0) is 14.4. The van der Waals surface area contributed by atoms with Crippen molar-refractivity contribution in [2.24, 2.45) is 0 Å². The third-order valence-corrected chi connectivity index (χ3v) is 2.75. The van der Waals surface area contributed by atoms with Gasteiger partial charge in [-0.15, -0.1) is 0 Å². The second kappa shape index (κ2) is 7.14. The van der Waals surface area contributed by atoms with Crippen LogP contribution in [0.1, 0.15) is 31.9 Å². The fourth-order valence-electron chi connectivity index (χ4n) is 1.68. The molecule has 0 bridgehead atoms. The lowest BCUT2D eigenvalue weighted by atomic mass is 10.1. The lowest BCUT2D eigenvalue weighted by molar-refractivity contribution is -0.147. The van der Waals surface area contributed by atoms with Crippen LogP contribution in [0.4, 0.5) is 0 Å². The predicted molar refractivity (Wildman–Crippen MR) is 75.3 cm³/mol. The molecule has 0 heterocycles. The van der Waals surface area contributed by atoms with Crippen molar-refractivity contribution in [2.45, 2.75) is 46.4 Å². The van der Waals surface area contributed by atoms with Gasteiger partial charge in [-0.2, -0.15) is 0 Å². The molecule has 1 N–H and O–H groups in total. The maximum absolute atomic E-state index is 11.4. The summed E-state index contributed by atoms with van der Waals surface area (Å²) in [7, 11) is 1.36. The van der Waals surface area contributed by atoms with Gasteiger partial charge in [-0.05, 0) is 19.9 Å². The quantitative estimate of drug-likeness (QED) is 0.803. The summed E-state index contributed by atoms with van der Waals surface area (Å²) in [5.74, 6) is 0.347. The number of hydrogen-bond acceptors (Lipinski definition) is 4.